The van der Waals surface area contributed by atoms with Gasteiger partial charge in [-0.1, -0.05) is 295 Å². The van der Waals surface area contributed by atoms with Crippen LogP contribution in [0.15, 0.2) is 146 Å². The molecule has 0 aliphatic heterocycles. The maximum atomic E-state index is 13.0. The SMILES string of the molecule is CC/C=C\C/C=C\C/C=C\C/C=C\C/C=C\C/C=C\C/C=C\C/C=C\C/C=C\C/C=C\CCCCCCC(=O)NC(COP(=O)(O)OCC[N+](C)(C)C)C(O)/C=C/CC/C=C/CCCCCCCCCCCCCCCCCCCCCC. The van der Waals surface area contributed by atoms with Gasteiger partial charge in [0.15, 0.2) is 0 Å². The molecular weight excluding hydrogens is 1040 g/mol. The molecular formula is C74H128N2O6P+. The smallest absolute Gasteiger partial charge is 0.387 e. The maximum absolute atomic E-state index is 13.0. The molecule has 474 valence electrons. The standard InChI is InChI=1S/C74H127N2O6P/c1-6-8-10-12-14-16-18-20-22-24-26-28-30-32-34-35-36-37-38-39-40-41-42-44-46-48-50-52-54-56-58-60-62-64-66-68-74(78)75-72(71-82-83(79,80)81-70-69-76(3,4)5)73(77)67-65-63-61-59-57-55-53-51-49-47-45-43-33-31-29-27-25-23-21-19-17-15-13-11-9-7-2/h8,10,14,16,20,22,26,28,32,34,36-37,39-40,42,44,48,50,54,56-57,59,65,67,72-73,77H,6-7,9,11-13,15,17-19,21,23-25,27,29-31,33,35,38,41,43,45-47,49,51-53,55,58,60-64,66,68-71H2,1-5H3,(H-,75,78,79,80)/p+1/b10-8-,16-14-,22-20-,28-26-,34-32-,37-36-,40-39-,44-42-,50-48-,56-54-,59-57+,67-65+. The Morgan fingerprint density at radius 3 is 1.11 bits per heavy atom. The molecule has 0 fully saturated rings. The first-order chi connectivity index (χ1) is 40.5. The number of quaternary nitrogens is 1. The van der Waals surface area contributed by atoms with Gasteiger partial charge in [-0.25, -0.2) is 4.57 Å². The number of phosphoric acid groups is 1. The molecule has 8 nitrogen and oxygen atoms in total. The van der Waals surface area contributed by atoms with E-state index in [2.05, 4.69) is 153 Å². The number of hydrogen-bond donors (Lipinski definition) is 3. The number of nitrogens with one attached hydrogen (secondary N) is 1. The average Bonchev–Trinajstić information content (AvgIpc) is 3.49. The molecule has 0 radical (unpaired) electrons. The Bertz CT molecular complexity index is 1860. The van der Waals surface area contributed by atoms with Crippen molar-refractivity contribution in [3.63, 3.8) is 0 Å². The Kier molecular flexibility index (Phi) is 60.2. The number of aliphatic hydroxyl groups is 1. The van der Waals surface area contributed by atoms with Gasteiger partial charge in [0.1, 0.15) is 13.2 Å². The molecule has 0 aromatic rings. The van der Waals surface area contributed by atoms with Crippen LogP contribution in [0.25, 0.3) is 0 Å². The van der Waals surface area contributed by atoms with E-state index in [1.807, 2.05) is 27.2 Å². The van der Waals surface area contributed by atoms with Crippen molar-refractivity contribution in [3.05, 3.63) is 146 Å². The van der Waals surface area contributed by atoms with Crippen molar-refractivity contribution < 1.29 is 32.9 Å². The minimum Gasteiger partial charge on any atom is -0.387 e. The highest BCUT2D eigenvalue weighted by Crippen LogP contribution is 2.43. The Labute approximate surface area is 512 Å². The highest BCUT2D eigenvalue weighted by Gasteiger charge is 2.27. The van der Waals surface area contributed by atoms with Crippen LogP contribution in [0, 0.1) is 0 Å². The van der Waals surface area contributed by atoms with E-state index in [-0.39, 0.29) is 19.1 Å². The summed E-state index contributed by atoms with van der Waals surface area (Å²) in [7, 11) is 1.52. The van der Waals surface area contributed by atoms with Crippen molar-refractivity contribution in [1.29, 1.82) is 0 Å². The Morgan fingerprint density at radius 2 is 0.735 bits per heavy atom. The summed E-state index contributed by atoms with van der Waals surface area (Å²) in [5, 5.41) is 14.0. The van der Waals surface area contributed by atoms with Gasteiger partial charge < -0.3 is 19.8 Å². The predicted molar refractivity (Wildman–Crippen MR) is 364 cm³/mol. The number of carbonyl (C=O) groups is 1. The number of likely N-dealkylation sites (N-methyl/N-ethyl adjacent to an activating group) is 1. The summed E-state index contributed by atoms with van der Waals surface area (Å²) in [6.07, 6.45) is 97.0. The van der Waals surface area contributed by atoms with Gasteiger partial charge in [0.25, 0.3) is 0 Å². The van der Waals surface area contributed by atoms with E-state index in [0.717, 1.165) is 116 Å². The fraction of sp³-hybridized carbons (Fsp3) is 0.662. The Balaban J connectivity index is 4.27. The lowest BCUT2D eigenvalue weighted by atomic mass is 10.0. The monoisotopic (exact) mass is 1170 g/mol. The summed E-state index contributed by atoms with van der Waals surface area (Å²) in [4.78, 5) is 23.4. The predicted octanol–water partition coefficient (Wildman–Crippen LogP) is 21.6. The second kappa shape index (κ2) is 62.9. The van der Waals surface area contributed by atoms with Crippen LogP contribution in [-0.2, 0) is 18.4 Å². The van der Waals surface area contributed by atoms with Crippen LogP contribution in [0.5, 0.6) is 0 Å². The summed E-state index contributed by atoms with van der Waals surface area (Å²) >= 11 is 0. The summed E-state index contributed by atoms with van der Waals surface area (Å²) in [5.74, 6) is -0.215. The molecule has 0 aromatic heterocycles. The fourth-order valence-electron chi connectivity index (χ4n) is 9.09. The molecule has 3 unspecified atom stereocenters. The third-order valence-electron chi connectivity index (χ3n) is 14.3. The lowest BCUT2D eigenvalue weighted by Gasteiger charge is -2.25. The first kappa shape index (κ1) is 79.4. The lowest BCUT2D eigenvalue weighted by molar-refractivity contribution is -0.870. The zero-order chi connectivity index (χ0) is 60.5. The number of allylic oxidation sites excluding steroid dienone is 23. The molecule has 83 heavy (non-hydrogen) atoms. The number of carbonyl (C=O) groups excluding carboxylic acids is 1. The number of rotatable bonds is 60. The number of aliphatic hydroxyl groups excluding tert-OH is 1. The molecule has 9 heteroatoms. The van der Waals surface area contributed by atoms with Gasteiger partial charge in [0.2, 0.25) is 5.91 Å². The van der Waals surface area contributed by atoms with Crippen LogP contribution in [-0.4, -0.2) is 73.4 Å². The van der Waals surface area contributed by atoms with E-state index in [1.54, 1.807) is 6.08 Å². The minimum atomic E-state index is -4.38. The molecule has 0 rings (SSSR count). The molecule has 3 N–H and O–H groups in total. The van der Waals surface area contributed by atoms with Crippen molar-refractivity contribution in [3.8, 4) is 0 Å². The summed E-state index contributed by atoms with van der Waals surface area (Å²) in [6, 6.07) is -0.890. The second-order valence-corrected chi connectivity index (χ2v) is 24.9. The van der Waals surface area contributed by atoms with Crippen LogP contribution in [0.4, 0.5) is 0 Å². The number of hydrogen-bond acceptors (Lipinski definition) is 5. The van der Waals surface area contributed by atoms with Gasteiger partial charge in [-0.05, 0) is 109 Å². The first-order valence-corrected chi connectivity index (χ1v) is 35.2. The zero-order valence-electron chi connectivity index (χ0n) is 54.1. The third-order valence-corrected chi connectivity index (χ3v) is 15.3. The van der Waals surface area contributed by atoms with Gasteiger partial charge in [-0.15, -0.1) is 0 Å². The molecule has 0 aromatic carbocycles. The molecule has 0 bridgehead atoms. The third kappa shape index (κ3) is 65.8. The fourth-order valence-corrected chi connectivity index (χ4v) is 9.82. The number of nitrogens with zero attached hydrogens (tertiary/aromatic N) is 1. The van der Waals surface area contributed by atoms with E-state index in [4.69, 9.17) is 9.05 Å². The highest BCUT2D eigenvalue weighted by atomic mass is 31.2. The van der Waals surface area contributed by atoms with Crippen molar-refractivity contribution in [1.82, 2.24) is 5.32 Å². The van der Waals surface area contributed by atoms with Crippen LogP contribution in [0.3, 0.4) is 0 Å². The second-order valence-electron chi connectivity index (χ2n) is 23.5. The molecule has 0 saturated heterocycles. The van der Waals surface area contributed by atoms with Gasteiger partial charge in [0, 0.05) is 6.42 Å². The summed E-state index contributed by atoms with van der Waals surface area (Å²) < 4.78 is 23.8. The first-order valence-electron chi connectivity index (χ1n) is 33.7. The Morgan fingerprint density at radius 1 is 0.422 bits per heavy atom. The van der Waals surface area contributed by atoms with Gasteiger partial charge >= 0.3 is 7.82 Å². The molecule has 1 amide bonds. The minimum absolute atomic E-state index is 0.0430. The molecule has 0 aliphatic carbocycles. The molecule has 0 heterocycles. The molecule has 0 aliphatic rings. The van der Waals surface area contributed by atoms with Crippen molar-refractivity contribution in [2.45, 2.75) is 276 Å². The summed E-state index contributed by atoms with van der Waals surface area (Å²) in [6.45, 7) is 4.67. The quantitative estimate of drug-likeness (QED) is 0.0243. The van der Waals surface area contributed by atoms with E-state index in [0.29, 0.717) is 17.4 Å². The summed E-state index contributed by atoms with van der Waals surface area (Å²) in [5.41, 5.74) is 0. The van der Waals surface area contributed by atoms with E-state index < -0.39 is 20.0 Å². The zero-order valence-corrected chi connectivity index (χ0v) is 55.0. The molecule has 0 saturated carbocycles. The topological polar surface area (TPSA) is 105 Å². The number of amides is 1. The largest absolute Gasteiger partial charge is 0.472 e. The van der Waals surface area contributed by atoms with Crippen molar-refractivity contribution >= 4 is 13.7 Å². The van der Waals surface area contributed by atoms with Crippen LogP contribution >= 0.6 is 7.82 Å². The molecule has 3 atom stereocenters. The van der Waals surface area contributed by atoms with Gasteiger partial charge in [0.05, 0.1) is 39.9 Å². The number of unbranched alkanes of at least 4 members (excludes halogenated alkanes) is 25. The maximum Gasteiger partial charge on any atom is 0.472 e. The normalized spacial score (nSPS) is 14.6. The van der Waals surface area contributed by atoms with Crippen molar-refractivity contribution in [2.24, 2.45) is 0 Å². The van der Waals surface area contributed by atoms with Crippen LogP contribution in [0.1, 0.15) is 264 Å². The van der Waals surface area contributed by atoms with E-state index in [9.17, 15) is 19.4 Å². The average molecular weight is 1170 g/mol. The van der Waals surface area contributed by atoms with E-state index in [1.165, 1.54) is 128 Å². The van der Waals surface area contributed by atoms with Crippen LogP contribution in [0.2, 0.25) is 0 Å². The van der Waals surface area contributed by atoms with Gasteiger partial charge in [-0.2, -0.15) is 0 Å². The lowest BCUT2D eigenvalue weighted by Crippen LogP contribution is -2.45. The number of phosphoric ester groups is 1. The van der Waals surface area contributed by atoms with Crippen molar-refractivity contribution in [2.75, 3.05) is 40.9 Å². The van der Waals surface area contributed by atoms with Gasteiger partial charge in [-0.3, -0.25) is 13.8 Å². The van der Waals surface area contributed by atoms with Crippen LogP contribution < -0.4 is 5.32 Å². The molecule has 0 spiro atoms. The van der Waals surface area contributed by atoms with E-state index >= 15 is 0 Å². The highest BCUT2D eigenvalue weighted by molar-refractivity contribution is 7.47. The Hall–Kier alpha value is -3.62.